The van der Waals surface area contributed by atoms with Crippen molar-refractivity contribution >= 4 is 57.4 Å². The predicted octanol–water partition coefficient (Wildman–Crippen LogP) is 4.20. The zero-order valence-corrected chi connectivity index (χ0v) is 18.0. The predicted molar refractivity (Wildman–Crippen MR) is 113 cm³/mol. The minimum Gasteiger partial charge on any atom is -0.462 e. The van der Waals surface area contributed by atoms with E-state index in [2.05, 4.69) is 6.92 Å². The molecular formula is C21H19ClN2O5S. The smallest absolute Gasteiger partial charge is 0.344 e. The van der Waals surface area contributed by atoms with Crippen LogP contribution in [0.2, 0.25) is 5.02 Å². The Morgan fingerprint density at radius 1 is 1.17 bits per heavy atom. The number of urea groups is 1. The number of nitrogens with zero attached hydrogens (tertiary/aromatic N) is 2. The zero-order valence-electron chi connectivity index (χ0n) is 16.4. The molecule has 0 N–H and O–H groups in total. The molecule has 4 rings (SSSR count). The quantitative estimate of drug-likeness (QED) is 0.399. The lowest BCUT2D eigenvalue weighted by Gasteiger charge is -2.18. The first-order valence-corrected chi connectivity index (χ1v) is 10.8. The van der Waals surface area contributed by atoms with Crippen molar-refractivity contribution in [3.63, 3.8) is 0 Å². The fourth-order valence-electron chi connectivity index (χ4n) is 3.77. The molecule has 1 unspecified atom stereocenters. The lowest BCUT2D eigenvalue weighted by molar-refractivity contribution is -0.133. The van der Waals surface area contributed by atoms with Crippen LogP contribution < -0.4 is 9.80 Å². The molecule has 0 spiro atoms. The summed E-state index contributed by atoms with van der Waals surface area (Å²) < 4.78 is 5.21. The molecule has 156 valence electrons. The number of hydrogen-bond acceptors (Lipinski definition) is 6. The summed E-state index contributed by atoms with van der Waals surface area (Å²) >= 11 is 7.09. The highest BCUT2D eigenvalue weighted by atomic mass is 35.5. The maximum atomic E-state index is 13.2. The van der Waals surface area contributed by atoms with Crippen LogP contribution in [0.15, 0.2) is 24.3 Å². The fourth-order valence-corrected chi connectivity index (χ4v) is 5.39. The highest BCUT2D eigenvalue weighted by Crippen LogP contribution is 2.43. The van der Waals surface area contributed by atoms with Gasteiger partial charge >= 0.3 is 23.8 Å². The van der Waals surface area contributed by atoms with E-state index < -0.39 is 23.8 Å². The molecule has 2 aliphatic rings. The van der Waals surface area contributed by atoms with Gasteiger partial charge in [-0.2, -0.15) is 0 Å². The van der Waals surface area contributed by atoms with Crippen molar-refractivity contribution in [1.82, 2.24) is 0 Å². The summed E-state index contributed by atoms with van der Waals surface area (Å²) in [6.45, 7) is 3.97. The van der Waals surface area contributed by atoms with Crippen molar-refractivity contribution in [2.24, 2.45) is 5.92 Å². The van der Waals surface area contributed by atoms with Gasteiger partial charge in [-0.3, -0.25) is 9.59 Å². The third-order valence-corrected chi connectivity index (χ3v) is 6.72. The van der Waals surface area contributed by atoms with Gasteiger partial charge < -0.3 is 4.74 Å². The van der Waals surface area contributed by atoms with Gasteiger partial charge in [-0.05, 0) is 61.9 Å². The molecule has 1 fully saturated rings. The number of esters is 1. The number of amides is 4. The minimum absolute atomic E-state index is 0.160. The number of benzene rings is 1. The summed E-state index contributed by atoms with van der Waals surface area (Å²) in [5.41, 5.74) is 1.26. The number of ether oxygens (including phenoxy) is 1. The van der Waals surface area contributed by atoms with E-state index in [0.29, 0.717) is 17.4 Å². The van der Waals surface area contributed by atoms with Gasteiger partial charge in [-0.1, -0.05) is 18.5 Å². The average molecular weight is 447 g/mol. The van der Waals surface area contributed by atoms with E-state index in [1.54, 1.807) is 6.92 Å². The maximum Gasteiger partial charge on any atom is 0.344 e. The van der Waals surface area contributed by atoms with Crippen molar-refractivity contribution in [2.75, 3.05) is 16.4 Å². The molecule has 1 aliphatic heterocycles. The molecular weight excluding hydrogens is 428 g/mol. The van der Waals surface area contributed by atoms with E-state index in [1.165, 1.54) is 35.6 Å². The molecule has 1 atom stereocenters. The number of carbonyl (C=O) groups excluding carboxylic acids is 4. The molecule has 1 aliphatic carbocycles. The summed E-state index contributed by atoms with van der Waals surface area (Å²) in [7, 11) is 0. The summed E-state index contributed by atoms with van der Waals surface area (Å²) in [6.07, 6.45) is 2.30. The van der Waals surface area contributed by atoms with Gasteiger partial charge in [0, 0.05) is 9.90 Å². The van der Waals surface area contributed by atoms with E-state index in [0.717, 1.165) is 33.1 Å². The molecule has 30 heavy (non-hydrogen) atoms. The van der Waals surface area contributed by atoms with Gasteiger partial charge in [0.2, 0.25) is 0 Å². The van der Waals surface area contributed by atoms with Crippen LogP contribution in [-0.2, 0) is 27.2 Å². The summed E-state index contributed by atoms with van der Waals surface area (Å²) in [5, 5.41) is 0.595. The summed E-state index contributed by atoms with van der Waals surface area (Å²) in [6, 6.07) is 5.22. The van der Waals surface area contributed by atoms with E-state index in [1.807, 2.05) is 0 Å². The van der Waals surface area contributed by atoms with Gasteiger partial charge in [-0.15, -0.1) is 11.3 Å². The Kier molecular flexibility index (Phi) is 5.38. The number of imide groups is 2. The maximum absolute atomic E-state index is 13.2. The Morgan fingerprint density at radius 3 is 2.50 bits per heavy atom. The number of hydrogen-bond donors (Lipinski definition) is 0. The van der Waals surface area contributed by atoms with Crippen LogP contribution in [0.25, 0.3) is 0 Å². The largest absolute Gasteiger partial charge is 0.462 e. The lowest BCUT2D eigenvalue weighted by atomic mass is 9.88. The Labute approximate surface area is 182 Å². The van der Waals surface area contributed by atoms with Gasteiger partial charge in [0.15, 0.2) is 0 Å². The molecule has 2 aromatic rings. The van der Waals surface area contributed by atoms with Crippen LogP contribution in [0, 0.1) is 5.92 Å². The lowest BCUT2D eigenvalue weighted by Crippen LogP contribution is -2.33. The molecule has 1 aromatic carbocycles. The summed E-state index contributed by atoms with van der Waals surface area (Å²) in [5.74, 6) is -2.13. The third-order valence-electron chi connectivity index (χ3n) is 5.23. The van der Waals surface area contributed by atoms with Crippen LogP contribution in [-0.4, -0.2) is 30.4 Å². The van der Waals surface area contributed by atoms with Crippen LogP contribution in [0.1, 0.15) is 41.1 Å². The SMILES string of the molecule is CCOC(=O)c1c(N2C(=O)C(=O)N(c3ccc(Cl)cc3)C2=O)sc2c1CCC(C)C2. The first kappa shape index (κ1) is 20.6. The van der Waals surface area contributed by atoms with Crippen LogP contribution in [0.4, 0.5) is 15.5 Å². The van der Waals surface area contributed by atoms with Crippen LogP contribution >= 0.6 is 22.9 Å². The Hall–Kier alpha value is -2.71. The number of rotatable bonds is 4. The summed E-state index contributed by atoms with van der Waals surface area (Å²) in [4.78, 5) is 53.9. The van der Waals surface area contributed by atoms with Crippen molar-refractivity contribution in [3.8, 4) is 0 Å². The molecule has 0 radical (unpaired) electrons. The number of thiophene rings is 1. The third kappa shape index (κ3) is 3.30. The standard InChI is InChI=1S/C21H19ClN2O5S/c1-3-29-20(27)16-14-9-4-11(2)10-15(14)30-19(16)24-18(26)17(25)23(21(24)28)13-7-5-12(22)6-8-13/h5-8,11H,3-4,9-10H2,1-2H3. The molecule has 1 saturated heterocycles. The molecule has 2 heterocycles. The van der Waals surface area contributed by atoms with Crippen molar-refractivity contribution < 1.29 is 23.9 Å². The van der Waals surface area contributed by atoms with Crippen LogP contribution in [0.3, 0.4) is 0 Å². The fraction of sp³-hybridized carbons (Fsp3) is 0.333. The number of fused-ring (bicyclic) bond motifs is 1. The Morgan fingerprint density at radius 2 is 1.83 bits per heavy atom. The van der Waals surface area contributed by atoms with Gasteiger partial charge in [0.25, 0.3) is 0 Å². The van der Waals surface area contributed by atoms with E-state index in [4.69, 9.17) is 16.3 Å². The number of carbonyl (C=O) groups is 4. The van der Waals surface area contributed by atoms with Gasteiger partial charge in [0.05, 0.1) is 17.9 Å². The second-order valence-electron chi connectivity index (χ2n) is 7.29. The second-order valence-corrected chi connectivity index (χ2v) is 8.81. The first-order chi connectivity index (χ1) is 14.3. The molecule has 1 aromatic heterocycles. The average Bonchev–Trinajstić information content (AvgIpc) is 3.17. The Bertz CT molecular complexity index is 1060. The molecule has 4 amide bonds. The topological polar surface area (TPSA) is 84.0 Å². The number of anilines is 2. The first-order valence-electron chi connectivity index (χ1n) is 9.63. The zero-order chi connectivity index (χ0) is 21.6. The van der Waals surface area contributed by atoms with Gasteiger partial charge in [0.1, 0.15) is 5.00 Å². The highest BCUT2D eigenvalue weighted by Gasteiger charge is 2.49. The Balaban J connectivity index is 1.80. The molecule has 0 bridgehead atoms. The number of halogens is 1. The monoisotopic (exact) mass is 446 g/mol. The molecule has 9 heteroatoms. The van der Waals surface area contributed by atoms with Crippen LogP contribution in [0.5, 0.6) is 0 Å². The van der Waals surface area contributed by atoms with E-state index >= 15 is 0 Å². The highest BCUT2D eigenvalue weighted by molar-refractivity contribution is 7.17. The molecule has 7 nitrogen and oxygen atoms in total. The van der Waals surface area contributed by atoms with Crippen molar-refractivity contribution in [1.29, 1.82) is 0 Å². The van der Waals surface area contributed by atoms with Crippen molar-refractivity contribution in [3.05, 3.63) is 45.3 Å². The second kappa shape index (κ2) is 7.85. The molecule has 0 saturated carbocycles. The van der Waals surface area contributed by atoms with E-state index in [-0.39, 0.29) is 22.9 Å². The van der Waals surface area contributed by atoms with E-state index in [9.17, 15) is 19.2 Å². The normalized spacial score (nSPS) is 18.8. The minimum atomic E-state index is -0.993. The van der Waals surface area contributed by atoms with Gasteiger partial charge in [-0.25, -0.2) is 19.4 Å². The van der Waals surface area contributed by atoms with Crippen molar-refractivity contribution in [2.45, 2.75) is 33.1 Å².